The van der Waals surface area contributed by atoms with Gasteiger partial charge in [-0.15, -0.1) is 0 Å². The Labute approximate surface area is 350 Å². The molecule has 306 valence electrons. The molecule has 0 unspecified atom stereocenters. The van der Waals surface area contributed by atoms with Gasteiger partial charge in [-0.2, -0.15) is 0 Å². The highest BCUT2D eigenvalue weighted by molar-refractivity contribution is 7.03. The molecule has 0 saturated heterocycles. The lowest BCUT2D eigenvalue weighted by molar-refractivity contribution is 0.609. The first-order valence-corrected chi connectivity index (χ1v) is 26.2. The molecule has 0 atom stereocenters. The first kappa shape index (κ1) is 44.3. The Balaban J connectivity index is 1.23. The van der Waals surface area contributed by atoms with Crippen LogP contribution in [0.2, 0.25) is 13.1 Å². The first-order chi connectivity index (χ1) is 27.9. The minimum Gasteiger partial charge on any atom is -0.372 e. The van der Waals surface area contributed by atoms with Crippen molar-refractivity contribution in [3.63, 3.8) is 0 Å². The van der Waals surface area contributed by atoms with Crippen molar-refractivity contribution in [1.82, 2.24) is 0 Å². The van der Waals surface area contributed by atoms with Crippen molar-refractivity contribution in [3.8, 4) is 11.1 Å². The number of hydrogen-bond acceptors (Lipinski definition) is 2. The molecule has 1 aliphatic heterocycles. The molecular formula is C54H76N2Si. The molecule has 0 aromatic heterocycles. The number of benzene rings is 4. The van der Waals surface area contributed by atoms with Gasteiger partial charge in [0.25, 0.3) is 0 Å². The second kappa shape index (κ2) is 23.5. The highest BCUT2D eigenvalue weighted by atomic mass is 28.3. The molecule has 0 spiro atoms. The molecular weight excluding hydrogens is 705 g/mol. The lowest BCUT2D eigenvalue weighted by Crippen LogP contribution is -2.49. The van der Waals surface area contributed by atoms with Crippen molar-refractivity contribution in [2.45, 2.75) is 144 Å². The molecule has 5 rings (SSSR count). The number of unbranched alkanes of at least 4 members (excludes halogenated alkanes) is 12. The average molecular weight is 781 g/mol. The number of fused-ring (bicyclic) bond motifs is 3. The van der Waals surface area contributed by atoms with Crippen LogP contribution in [-0.2, 0) is 0 Å². The monoisotopic (exact) mass is 781 g/mol. The smallest absolute Gasteiger partial charge is 0.113 e. The maximum atomic E-state index is 2.63. The summed E-state index contributed by atoms with van der Waals surface area (Å²) < 4.78 is 0. The predicted molar refractivity (Wildman–Crippen MR) is 260 cm³/mol. The fourth-order valence-corrected chi connectivity index (χ4v) is 11.7. The predicted octanol–water partition coefficient (Wildman–Crippen LogP) is 14.8. The van der Waals surface area contributed by atoms with E-state index in [0.29, 0.717) is 0 Å². The summed E-state index contributed by atoms with van der Waals surface area (Å²) in [5.41, 5.74) is 10.7. The summed E-state index contributed by atoms with van der Waals surface area (Å²) in [6.45, 7) is 18.9. The SMILES string of the molecule is CCCCCCN(CCCCCC)c1ccc(/C=C/c2ccc3c(c2)[Si](C)(C)c2cc(/C=C/c4ccc(N(CCCCCC)CCCCCC)cc4)ccc2-3)cc1. The van der Waals surface area contributed by atoms with Gasteiger partial charge in [0.2, 0.25) is 0 Å². The lowest BCUT2D eigenvalue weighted by Gasteiger charge is -2.25. The molecule has 4 aromatic rings. The van der Waals surface area contributed by atoms with E-state index in [1.165, 1.54) is 174 Å². The molecule has 1 aliphatic rings. The van der Waals surface area contributed by atoms with E-state index in [1.54, 1.807) is 10.4 Å². The molecule has 3 heteroatoms. The Morgan fingerprint density at radius 1 is 0.368 bits per heavy atom. The van der Waals surface area contributed by atoms with Crippen LogP contribution in [0.25, 0.3) is 35.4 Å². The van der Waals surface area contributed by atoms with Gasteiger partial charge in [0, 0.05) is 37.6 Å². The molecule has 1 heterocycles. The number of rotatable bonds is 26. The number of nitrogens with zero attached hydrogens (tertiary/aromatic N) is 2. The van der Waals surface area contributed by atoms with E-state index in [2.05, 4.69) is 160 Å². The zero-order chi connectivity index (χ0) is 40.3. The summed E-state index contributed by atoms with van der Waals surface area (Å²) in [5.74, 6) is 0. The van der Waals surface area contributed by atoms with Crippen LogP contribution in [0.4, 0.5) is 11.4 Å². The summed E-state index contributed by atoms with van der Waals surface area (Å²) in [6, 6.07) is 32.9. The van der Waals surface area contributed by atoms with E-state index < -0.39 is 8.07 Å². The van der Waals surface area contributed by atoms with Crippen LogP contribution in [0.15, 0.2) is 84.9 Å². The maximum Gasteiger partial charge on any atom is 0.113 e. The zero-order valence-electron chi connectivity index (χ0n) is 36.9. The zero-order valence-corrected chi connectivity index (χ0v) is 37.9. The minimum absolute atomic E-state index is 1.17. The van der Waals surface area contributed by atoms with Gasteiger partial charge in [0.15, 0.2) is 0 Å². The van der Waals surface area contributed by atoms with E-state index in [9.17, 15) is 0 Å². The van der Waals surface area contributed by atoms with E-state index in [-0.39, 0.29) is 0 Å². The molecule has 4 aromatic carbocycles. The molecule has 0 radical (unpaired) electrons. The van der Waals surface area contributed by atoms with Crippen molar-refractivity contribution >= 4 is 54.1 Å². The maximum absolute atomic E-state index is 2.63. The molecule has 57 heavy (non-hydrogen) atoms. The van der Waals surface area contributed by atoms with Gasteiger partial charge in [-0.05, 0) is 93.7 Å². The minimum atomic E-state index is -1.85. The molecule has 2 nitrogen and oxygen atoms in total. The second-order valence-corrected chi connectivity index (χ2v) is 21.6. The summed E-state index contributed by atoms with van der Waals surface area (Å²) in [4.78, 5) is 5.25. The van der Waals surface area contributed by atoms with Gasteiger partial charge in [0.05, 0.1) is 0 Å². The molecule has 0 saturated carbocycles. The Morgan fingerprint density at radius 2 is 0.667 bits per heavy atom. The first-order valence-electron chi connectivity index (χ1n) is 23.2. The van der Waals surface area contributed by atoms with Gasteiger partial charge >= 0.3 is 0 Å². The fourth-order valence-electron chi connectivity index (χ4n) is 8.62. The Hall–Kier alpha value is -3.82. The Bertz CT molecular complexity index is 1660. The molecule has 0 fully saturated rings. The van der Waals surface area contributed by atoms with Gasteiger partial charge in [-0.3, -0.25) is 0 Å². The summed E-state index contributed by atoms with van der Waals surface area (Å²) in [6.07, 6.45) is 30.2. The van der Waals surface area contributed by atoms with Crippen LogP contribution in [-0.4, -0.2) is 34.3 Å². The van der Waals surface area contributed by atoms with Crippen molar-refractivity contribution in [3.05, 3.63) is 107 Å². The van der Waals surface area contributed by atoms with Crippen molar-refractivity contribution in [2.75, 3.05) is 36.0 Å². The normalized spacial score (nSPS) is 13.1. The third-order valence-corrected chi connectivity index (χ3v) is 15.8. The van der Waals surface area contributed by atoms with Gasteiger partial charge in [-0.25, -0.2) is 0 Å². The topological polar surface area (TPSA) is 6.48 Å². The quantitative estimate of drug-likeness (QED) is 0.0356. The second-order valence-electron chi connectivity index (χ2n) is 17.3. The molecule has 0 aliphatic carbocycles. The van der Waals surface area contributed by atoms with Crippen LogP contribution >= 0.6 is 0 Å². The highest BCUT2D eigenvalue weighted by Crippen LogP contribution is 2.30. The van der Waals surface area contributed by atoms with E-state index in [4.69, 9.17) is 0 Å². The summed E-state index contributed by atoms with van der Waals surface area (Å²) >= 11 is 0. The largest absolute Gasteiger partial charge is 0.372 e. The van der Waals surface area contributed by atoms with Crippen LogP contribution in [0.3, 0.4) is 0 Å². The Morgan fingerprint density at radius 3 is 0.982 bits per heavy atom. The number of hydrogen-bond donors (Lipinski definition) is 0. The van der Waals surface area contributed by atoms with Crippen molar-refractivity contribution in [1.29, 1.82) is 0 Å². The van der Waals surface area contributed by atoms with Crippen molar-refractivity contribution in [2.24, 2.45) is 0 Å². The van der Waals surface area contributed by atoms with Crippen LogP contribution in [0.5, 0.6) is 0 Å². The standard InChI is InChI=1S/C54H76N2Si/c1-7-11-15-19-39-55(40-20-16-12-8-2)49-33-27-45(28-34-49)23-25-47-31-37-51-52-38-32-48(44-54(52)57(5,6)53(51)43-47)26-24-46-29-35-50(36-30-46)56(41-21-17-13-9-3)42-22-18-14-10-4/h23-38,43-44H,7-22,39-42H2,1-6H3/b25-23+,26-24+. The summed E-state index contributed by atoms with van der Waals surface area (Å²) in [7, 11) is -1.85. The molecule has 0 N–H and O–H groups in total. The van der Waals surface area contributed by atoms with E-state index in [0.717, 1.165) is 0 Å². The van der Waals surface area contributed by atoms with Crippen LogP contribution in [0.1, 0.15) is 153 Å². The molecule has 0 bridgehead atoms. The van der Waals surface area contributed by atoms with Gasteiger partial charge in [-0.1, -0.05) is 203 Å². The van der Waals surface area contributed by atoms with Crippen LogP contribution < -0.4 is 20.2 Å². The van der Waals surface area contributed by atoms with Gasteiger partial charge in [0.1, 0.15) is 8.07 Å². The molecule has 0 amide bonds. The number of anilines is 2. The average Bonchev–Trinajstić information content (AvgIpc) is 3.46. The van der Waals surface area contributed by atoms with E-state index >= 15 is 0 Å². The van der Waals surface area contributed by atoms with E-state index in [1.807, 2.05) is 0 Å². The third kappa shape index (κ3) is 13.1. The highest BCUT2D eigenvalue weighted by Gasteiger charge is 2.37. The lowest BCUT2D eigenvalue weighted by atomic mass is 10.0. The Kier molecular flexibility index (Phi) is 18.3. The summed E-state index contributed by atoms with van der Waals surface area (Å²) in [5, 5.41) is 3.12. The van der Waals surface area contributed by atoms with Gasteiger partial charge < -0.3 is 9.80 Å². The third-order valence-electron chi connectivity index (χ3n) is 12.3. The fraction of sp³-hybridized carbons (Fsp3) is 0.481. The van der Waals surface area contributed by atoms with Crippen LogP contribution in [0, 0.1) is 0 Å². The van der Waals surface area contributed by atoms with Crippen molar-refractivity contribution < 1.29 is 0 Å².